The van der Waals surface area contributed by atoms with Gasteiger partial charge in [0, 0.05) is 11.1 Å². The van der Waals surface area contributed by atoms with E-state index < -0.39 is 0 Å². The molecule has 0 amide bonds. The van der Waals surface area contributed by atoms with Crippen molar-refractivity contribution in [1.29, 1.82) is 0 Å². The van der Waals surface area contributed by atoms with Crippen LogP contribution in [-0.2, 0) is 6.42 Å². The minimum atomic E-state index is 0.342. The molecule has 4 N–H and O–H groups in total. The fraction of sp³-hybridized carbons (Fsp3) is 0.538. The highest BCUT2D eigenvalue weighted by molar-refractivity contribution is 6.31. The summed E-state index contributed by atoms with van der Waals surface area (Å²) in [6.07, 6.45) is 1.79. The van der Waals surface area contributed by atoms with Crippen molar-refractivity contribution in [2.75, 3.05) is 26.3 Å². The van der Waals surface area contributed by atoms with Crippen molar-refractivity contribution in [1.82, 2.24) is 0 Å². The van der Waals surface area contributed by atoms with Gasteiger partial charge in [-0.2, -0.15) is 0 Å². The molecule has 0 unspecified atom stereocenters. The summed E-state index contributed by atoms with van der Waals surface area (Å²) in [5.41, 5.74) is 12.3. The zero-order valence-corrected chi connectivity index (χ0v) is 11.1. The number of nitrogens with two attached hydrogens (primary N) is 2. The summed E-state index contributed by atoms with van der Waals surface area (Å²) in [7, 11) is 0. The maximum absolute atomic E-state index is 6.23. The van der Waals surface area contributed by atoms with E-state index in [2.05, 4.69) is 0 Å². The number of hydrogen-bond donors (Lipinski definition) is 2. The molecule has 0 bridgehead atoms. The fourth-order valence-electron chi connectivity index (χ4n) is 1.99. The van der Waals surface area contributed by atoms with Crippen LogP contribution in [0.5, 0.6) is 11.5 Å². The van der Waals surface area contributed by atoms with Gasteiger partial charge in [0.1, 0.15) is 13.2 Å². The highest BCUT2D eigenvalue weighted by Crippen LogP contribution is 2.36. The molecular weight excluding hydrogens is 252 g/mol. The molecule has 0 radical (unpaired) electrons. The summed E-state index contributed by atoms with van der Waals surface area (Å²) in [6.45, 7) is 2.38. The minimum Gasteiger partial charge on any atom is -0.486 e. The Bertz CT molecular complexity index is 408. The Balaban J connectivity index is 2.08. The van der Waals surface area contributed by atoms with E-state index in [1.54, 1.807) is 0 Å². The van der Waals surface area contributed by atoms with E-state index in [1.165, 1.54) is 0 Å². The molecule has 1 aliphatic rings. The molecule has 2 rings (SSSR count). The molecule has 0 saturated heterocycles. The molecule has 4 nitrogen and oxygen atoms in total. The molecule has 5 heteroatoms. The molecule has 1 aliphatic heterocycles. The third kappa shape index (κ3) is 3.07. The van der Waals surface area contributed by atoms with Crippen LogP contribution in [0.1, 0.15) is 12.0 Å². The van der Waals surface area contributed by atoms with Gasteiger partial charge in [-0.05, 0) is 43.5 Å². The van der Waals surface area contributed by atoms with Gasteiger partial charge >= 0.3 is 0 Å². The van der Waals surface area contributed by atoms with Gasteiger partial charge in [-0.3, -0.25) is 0 Å². The van der Waals surface area contributed by atoms with E-state index in [0.717, 1.165) is 29.9 Å². The zero-order chi connectivity index (χ0) is 13.0. The first-order valence-electron chi connectivity index (χ1n) is 6.22. The van der Waals surface area contributed by atoms with E-state index in [-0.39, 0.29) is 0 Å². The molecular formula is C13H19ClN2O2. The summed E-state index contributed by atoms with van der Waals surface area (Å²) in [6, 6.07) is 3.78. The molecule has 1 aromatic rings. The SMILES string of the molecule is NCC(CN)CCc1cc2c(cc1Cl)OCCO2. The highest BCUT2D eigenvalue weighted by Gasteiger charge is 2.15. The van der Waals surface area contributed by atoms with Gasteiger partial charge in [0.25, 0.3) is 0 Å². The van der Waals surface area contributed by atoms with E-state index in [0.29, 0.717) is 37.2 Å². The predicted octanol–water partition coefficient (Wildman–Crippen LogP) is 1.58. The summed E-state index contributed by atoms with van der Waals surface area (Å²) in [5.74, 6) is 1.84. The standard InChI is InChI=1S/C13H19ClN2O2/c14-11-6-13-12(17-3-4-18-13)5-10(11)2-1-9(7-15)8-16/h5-6,9H,1-4,7-8,15-16H2. The Kier molecular flexibility index (Phi) is 4.69. The van der Waals surface area contributed by atoms with Gasteiger partial charge in [-0.1, -0.05) is 11.6 Å². The first-order valence-corrected chi connectivity index (χ1v) is 6.60. The molecule has 1 heterocycles. The monoisotopic (exact) mass is 270 g/mol. The third-order valence-electron chi connectivity index (χ3n) is 3.20. The second-order valence-electron chi connectivity index (χ2n) is 4.46. The molecule has 0 fully saturated rings. The van der Waals surface area contributed by atoms with Crippen molar-refractivity contribution >= 4 is 11.6 Å². The van der Waals surface area contributed by atoms with Crippen LogP contribution in [-0.4, -0.2) is 26.3 Å². The average Bonchev–Trinajstić information content (AvgIpc) is 2.40. The molecule has 0 spiro atoms. The van der Waals surface area contributed by atoms with Crippen molar-refractivity contribution in [3.8, 4) is 11.5 Å². The van der Waals surface area contributed by atoms with E-state index >= 15 is 0 Å². The lowest BCUT2D eigenvalue weighted by atomic mass is 9.99. The molecule has 18 heavy (non-hydrogen) atoms. The number of benzene rings is 1. The van der Waals surface area contributed by atoms with E-state index in [1.807, 2.05) is 12.1 Å². The quantitative estimate of drug-likeness (QED) is 0.852. The Morgan fingerprint density at radius 3 is 2.33 bits per heavy atom. The largest absolute Gasteiger partial charge is 0.486 e. The molecule has 0 aromatic heterocycles. The summed E-state index contributed by atoms with van der Waals surface area (Å²) < 4.78 is 11.0. The lowest BCUT2D eigenvalue weighted by molar-refractivity contribution is 0.171. The Hall–Kier alpha value is -0.970. The molecule has 1 aromatic carbocycles. The Morgan fingerprint density at radius 1 is 1.11 bits per heavy atom. The first kappa shape index (κ1) is 13.5. The number of ether oxygens (including phenoxy) is 2. The second kappa shape index (κ2) is 6.27. The first-order chi connectivity index (χ1) is 8.74. The van der Waals surface area contributed by atoms with Crippen molar-refractivity contribution in [2.24, 2.45) is 17.4 Å². The Labute approximate surface area is 112 Å². The summed E-state index contributed by atoms with van der Waals surface area (Å²) in [5, 5.41) is 0.715. The molecule has 0 aliphatic carbocycles. The van der Waals surface area contributed by atoms with Crippen LogP contribution in [0.2, 0.25) is 5.02 Å². The van der Waals surface area contributed by atoms with Crippen LogP contribution in [0, 0.1) is 5.92 Å². The smallest absolute Gasteiger partial charge is 0.162 e. The van der Waals surface area contributed by atoms with E-state index in [4.69, 9.17) is 32.5 Å². The van der Waals surface area contributed by atoms with Crippen LogP contribution >= 0.6 is 11.6 Å². The average molecular weight is 271 g/mol. The normalized spacial score (nSPS) is 14.0. The maximum Gasteiger partial charge on any atom is 0.162 e. The van der Waals surface area contributed by atoms with Crippen LogP contribution in [0.15, 0.2) is 12.1 Å². The maximum atomic E-state index is 6.23. The number of halogens is 1. The minimum absolute atomic E-state index is 0.342. The van der Waals surface area contributed by atoms with Crippen molar-refractivity contribution in [3.05, 3.63) is 22.7 Å². The topological polar surface area (TPSA) is 70.5 Å². The molecule has 100 valence electrons. The number of aryl methyl sites for hydroxylation is 1. The van der Waals surface area contributed by atoms with Gasteiger partial charge in [0.05, 0.1) is 0 Å². The van der Waals surface area contributed by atoms with Gasteiger partial charge in [-0.15, -0.1) is 0 Å². The van der Waals surface area contributed by atoms with Crippen LogP contribution in [0.25, 0.3) is 0 Å². The van der Waals surface area contributed by atoms with Gasteiger partial charge in [0.2, 0.25) is 0 Å². The van der Waals surface area contributed by atoms with Crippen LogP contribution in [0.4, 0.5) is 0 Å². The lowest BCUT2D eigenvalue weighted by Gasteiger charge is -2.20. The number of rotatable bonds is 5. The van der Waals surface area contributed by atoms with Crippen molar-refractivity contribution < 1.29 is 9.47 Å². The van der Waals surface area contributed by atoms with Gasteiger partial charge in [0.15, 0.2) is 11.5 Å². The zero-order valence-electron chi connectivity index (χ0n) is 10.3. The summed E-state index contributed by atoms with van der Waals surface area (Å²) in [4.78, 5) is 0. The Morgan fingerprint density at radius 2 is 1.72 bits per heavy atom. The third-order valence-corrected chi connectivity index (χ3v) is 3.55. The lowest BCUT2D eigenvalue weighted by Crippen LogP contribution is -2.23. The predicted molar refractivity (Wildman–Crippen MR) is 72.4 cm³/mol. The van der Waals surface area contributed by atoms with Gasteiger partial charge < -0.3 is 20.9 Å². The van der Waals surface area contributed by atoms with Crippen molar-refractivity contribution in [2.45, 2.75) is 12.8 Å². The second-order valence-corrected chi connectivity index (χ2v) is 4.87. The molecule has 0 atom stereocenters. The molecule has 0 saturated carbocycles. The van der Waals surface area contributed by atoms with E-state index in [9.17, 15) is 0 Å². The number of hydrogen-bond acceptors (Lipinski definition) is 4. The van der Waals surface area contributed by atoms with Crippen LogP contribution < -0.4 is 20.9 Å². The highest BCUT2D eigenvalue weighted by atomic mass is 35.5. The van der Waals surface area contributed by atoms with Gasteiger partial charge in [-0.25, -0.2) is 0 Å². The fourth-order valence-corrected chi connectivity index (χ4v) is 2.24. The van der Waals surface area contributed by atoms with Crippen molar-refractivity contribution in [3.63, 3.8) is 0 Å². The summed E-state index contributed by atoms with van der Waals surface area (Å²) >= 11 is 6.23. The number of fused-ring (bicyclic) bond motifs is 1. The van der Waals surface area contributed by atoms with Crippen LogP contribution in [0.3, 0.4) is 0 Å².